The van der Waals surface area contributed by atoms with Crippen molar-refractivity contribution in [3.05, 3.63) is 27.4 Å². The third kappa shape index (κ3) is 4.39. The second kappa shape index (κ2) is 7.93. The predicted molar refractivity (Wildman–Crippen MR) is 79.7 cm³/mol. The number of nitrogens with zero attached hydrogens (tertiary/aromatic N) is 2. The van der Waals surface area contributed by atoms with Gasteiger partial charge in [0.05, 0.1) is 19.1 Å². The summed E-state index contributed by atoms with van der Waals surface area (Å²) >= 11 is 0. The van der Waals surface area contributed by atoms with Crippen LogP contribution in [0.3, 0.4) is 0 Å². The third-order valence-corrected chi connectivity index (χ3v) is 3.58. The van der Waals surface area contributed by atoms with E-state index in [4.69, 9.17) is 4.74 Å². The van der Waals surface area contributed by atoms with Crippen LogP contribution in [0.1, 0.15) is 49.6 Å². The number of rotatable bonds is 8. The highest BCUT2D eigenvalue weighted by Gasteiger charge is 2.22. The zero-order valence-corrected chi connectivity index (χ0v) is 13.2. The van der Waals surface area contributed by atoms with Crippen LogP contribution in [-0.4, -0.2) is 33.8 Å². The fourth-order valence-corrected chi connectivity index (χ4v) is 2.33. The summed E-state index contributed by atoms with van der Waals surface area (Å²) in [5, 5.41) is 9.18. The largest absolute Gasteiger partial charge is 0.481 e. The first-order valence-electron chi connectivity index (χ1n) is 7.28. The minimum Gasteiger partial charge on any atom is -0.481 e. The van der Waals surface area contributed by atoms with Gasteiger partial charge in [0.2, 0.25) is 0 Å². The molecule has 0 radical (unpaired) electrons. The molecule has 1 N–H and O–H groups in total. The maximum Gasteiger partial charge on any atom is 0.348 e. The second-order valence-corrected chi connectivity index (χ2v) is 5.16. The number of ether oxygens (including phenoxy) is 1. The monoisotopic (exact) mass is 296 g/mol. The van der Waals surface area contributed by atoms with Crippen molar-refractivity contribution in [3.63, 3.8) is 0 Å². The zero-order valence-electron chi connectivity index (χ0n) is 13.2. The van der Waals surface area contributed by atoms with Crippen LogP contribution in [0.4, 0.5) is 0 Å². The van der Waals surface area contributed by atoms with Gasteiger partial charge in [-0.25, -0.2) is 4.79 Å². The normalized spacial score (nSPS) is 12.4. The van der Waals surface area contributed by atoms with E-state index in [1.165, 1.54) is 4.57 Å². The molecule has 0 aliphatic heterocycles. The van der Waals surface area contributed by atoms with Crippen LogP contribution < -0.4 is 5.69 Å². The first kappa shape index (κ1) is 17.4. The molecule has 118 valence electrons. The van der Waals surface area contributed by atoms with Crippen molar-refractivity contribution in [2.24, 2.45) is 0 Å². The van der Waals surface area contributed by atoms with Crippen LogP contribution in [0, 0.1) is 13.8 Å². The van der Waals surface area contributed by atoms with E-state index in [1.807, 2.05) is 0 Å². The lowest BCUT2D eigenvalue weighted by Crippen LogP contribution is -2.30. The van der Waals surface area contributed by atoms with Crippen molar-refractivity contribution in [2.75, 3.05) is 13.2 Å². The number of aromatic nitrogens is 2. The van der Waals surface area contributed by atoms with E-state index >= 15 is 0 Å². The summed E-state index contributed by atoms with van der Waals surface area (Å²) in [6, 6.07) is 0. The predicted octanol–water partition coefficient (Wildman–Crippen LogP) is 1.86. The molecule has 6 nitrogen and oxygen atoms in total. The smallest absolute Gasteiger partial charge is 0.348 e. The number of hydrogen-bond acceptors (Lipinski definition) is 4. The van der Waals surface area contributed by atoms with E-state index in [1.54, 1.807) is 20.8 Å². The molecule has 0 aliphatic carbocycles. The Morgan fingerprint density at radius 2 is 2.05 bits per heavy atom. The van der Waals surface area contributed by atoms with Gasteiger partial charge < -0.3 is 9.84 Å². The van der Waals surface area contributed by atoms with Gasteiger partial charge in [-0.05, 0) is 27.2 Å². The number of carbonyl (C=O) groups is 1. The number of hydrogen-bond donors (Lipinski definition) is 1. The molecule has 1 atom stereocenters. The lowest BCUT2D eigenvalue weighted by Gasteiger charge is -2.18. The highest BCUT2D eigenvalue weighted by molar-refractivity contribution is 5.76. The van der Waals surface area contributed by atoms with E-state index in [0.29, 0.717) is 36.7 Å². The van der Waals surface area contributed by atoms with Crippen LogP contribution in [0.15, 0.2) is 4.79 Å². The van der Waals surface area contributed by atoms with E-state index in [9.17, 15) is 14.7 Å². The van der Waals surface area contributed by atoms with Gasteiger partial charge >= 0.3 is 11.7 Å². The average Bonchev–Trinajstić information content (AvgIpc) is 2.41. The summed E-state index contributed by atoms with van der Waals surface area (Å²) in [5.41, 5.74) is 1.39. The van der Waals surface area contributed by atoms with Crippen LogP contribution in [0.25, 0.3) is 0 Å². The Morgan fingerprint density at radius 3 is 2.62 bits per heavy atom. The Morgan fingerprint density at radius 1 is 1.38 bits per heavy atom. The SMILES string of the molecule is CCCCOCCn1c(C)c(C(C)C(=O)O)c(C)nc1=O. The van der Waals surface area contributed by atoms with Crippen LogP contribution in [-0.2, 0) is 16.1 Å². The van der Waals surface area contributed by atoms with Crippen molar-refractivity contribution in [2.45, 2.75) is 53.0 Å². The Hall–Kier alpha value is -1.69. The molecule has 1 aromatic rings. The summed E-state index contributed by atoms with van der Waals surface area (Å²) in [4.78, 5) is 27.1. The maximum atomic E-state index is 12.0. The molecule has 0 aromatic carbocycles. The van der Waals surface area contributed by atoms with Gasteiger partial charge in [-0.15, -0.1) is 0 Å². The molecular weight excluding hydrogens is 272 g/mol. The highest BCUT2D eigenvalue weighted by atomic mass is 16.5. The van der Waals surface area contributed by atoms with Gasteiger partial charge in [0.15, 0.2) is 0 Å². The molecule has 6 heteroatoms. The number of unbranched alkanes of at least 4 members (excludes halogenated alkanes) is 1. The molecule has 0 aliphatic rings. The molecule has 0 spiro atoms. The van der Waals surface area contributed by atoms with Crippen LogP contribution in [0.5, 0.6) is 0 Å². The van der Waals surface area contributed by atoms with Crippen molar-refractivity contribution in [1.29, 1.82) is 0 Å². The van der Waals surface area contributed by atoms with E-state index in [-0.39, 0.29) is 5.69 Å². The molecule has 1 unspecified atom stereocenters. The molecule has 0 amide bonds. The number of carboxylic acid groups (broad SMARTS) is 1. The van der Waals surface area contributed by atoms with Gasteiger partial charge in [-0.1, -0.05) is 13.3 Å². The Balaban J connectivity index is 2.97. The van der Waals surface area contributed by atoms with Gasteiger partial charge in [0.25, 0.3) is 0 Å². The summed E-state index contributed by atoms with van der Waals surface area (Å²) in [5.74, 6) is -1.61. The summed E-state index contributed by atoms with van der Waals surface area (Å²) in [6.07, 6.45) is 2.05. The quantitative estimate of drug-likeness (QED) is 0.741. The van der Waals surface area contributed by atoms with Crippen molar-refractivity contribution in [3.8, 4) is 0 Å². The summed E-state index contributed by atoms with van der Waals surface area (Å²) < 4.78 is 6.96. The Bertz CT molecular complexity index is 551. The van der Waals surface area contributed by atoms with E-state index < -0.39 is 11.9 Å². The highest BCUT2D eigenvalue weighted by Crippen LogP contribution is 2.21. The summed E-state index contributed by atoms with van der Waals surface area (Å²) in [7, 11) is 0. The first-order chi connectivity index (χ1) is 9.90. The van der Waals surface area contributed by atoms with Gasteiger partial charge in [-0.3, -0.25) is 9.36 Å². The standard InChI is InChI=1S/C15H24N2O4/c1-5-6-8-21-9-7-17-12(4)13(10(2)14(18)19)11(3)16-15(17)20/h10H,5-9H2,1-4H3,(H,18,19). The number of carboxylic acids is 1. The molecule has 1 heterocycles. The summed E-state index contributed by atoms with van der Waals surface area (Å²) in [6.45, 7) is 8.60. The lowest BCUT2D eigenvalue weighted by molar-refractivity contribution is -0.138. The third-order valence-electron chi connectivity index (χ3n) is 3.58. The Labute approximate surface area is 124 Å². The topological polar surface area (TPSA) is 81.4 Å². The molecule has 21 heavy (non-hydrogen) atoms. The zero-order chi connectivity index (χ0) is 16.0. The molecule has 0 bridgehead atoms. The van der Waals surface area contributed by atoms with Crippen LogP contribution in [0.2, 0.25) is 0 Å². The van der Waals surface area contributed by atoms with Gasteiger partial charge in [-0.2, -0.15) is 4.98 Å². The fraction of sp³-hybridized carbons (Fsp3) is 0.667. The minimum absolute atomic E-state index is 0.356. The number of aliphatic carboxylic acids is 1. The minimum atomic E-state index is -0.924. The molecule has 1 rings (SSSR count). The molecule has 0 saturated heterocycles. The lowest BCUT2D eigenvalue weighted by atomic mass is 9.98. The molecule has 0 fully saturated rings. The van der Waals surface area contributed by atoms with E-state index in [2.05, 4.69) is 11.9 Å². The van der Waals surface area contributed by atoms with Crippen molar-refractivity contribution >= 4 is 5.97 Å². The molecular formula is C15H24N2O4. The van der Waals surface area contributed by atoms with Crippen LogP contribution >= 0.6 is 0 Å². The van der Waals surface area contributed by atoms with E-state index in [0.717, 1.165) is 12.8 Å². The van der Waals surface area contributed by atoms with Crippen molar-refractivity contribution in [1.82, 2.24) is 9.55 Å². The first-order valence-corrected chi connectivity index (χ1v) is 7.28. The van der Waals surface area contributed by atoms with Gasteiger partial charge in [0.1, 0.15) is 0 Å². The maximum absolute atomic E-state index is 12.0. The molecule has 1 aromatic heterocycles. The number of aryl methyl sites for hydroxylation is 1. The Kier molecular flexibility index (Phi) is 6.55. The van der Waals surface area contributed by atoms with Gasteiger partial charge in [0, 0.05) is 23.6 Å². The van der Waals surface area contributed by atoms with Crippen molar-refractivity contribution < 1.29 is 14.6 Å². The molecule has 0 saturated carbocycles. The second-order valence-electron chi connectivity index (χ2n) is 5.16. The fourth-order valence-electron chi connectivity index (χ4n) is 2.33. The average molecular weight is 296 g/mol.